The summed E-state index contributed by atoms with van der Waals surface area (Å²) >= 11 is 4.41. The topological polar surface area (TPSA) is 164 Å². The predicted octanol–water partition coefficient (Wildman–Crippen LogP) is 4.87. The van der Waals surface area contributed by atoms with Gasteiger partial charge in [-0.05, 0) is 107 Å². The molecule has 1 heterocycles. The zero-order chi connectivity index (χ0) is 33.2. The number of allylic oxidation sites excluding steroid dienone is 1. The number of halogens is 2. The molecule has 0 bridgehead atoms. The molecule has 2 amide bonds. The third-order valence-electron chi connectivity index (χ3n) is 6.60. The van der Waals surface area contributed by atoms with Gasteiger partial charge in [-0.2, -0.15) is 10.4 Å². The lowest BCUT2D eigenvalue weighted by Crippen LogP contribution is -2.45. The third kappa shape index (κ3) is 9.01. The van der Waals surface area contributed by atoms with Crippen LogP contribution in [0.4, 0.5) is 4.79 Å². The first-order valence-electron chi connectivity index (χ1n) is 14.0. The van der Waals surface area contributed by atoms with Crippen LogP contribution in [0.25, 0.3) is 0 Å². The number of methoxy groups -OCH3 is 1. The number of amides is 2. The molecule has 0 fully saturated rings. The molecule has 0 aromatic heterocycles. The maximum absolute atomic E-state index is 12.5. The Bertz CT molecular complexity index is 1690. The second-order valence-electron chi connectivity index (χ2n) is 9.82. The highest BCUT2D eigenvalue weighted by Crippen LogP contribution is 2.35. The van der Waals surface area contributed by atoms with Crippen molar-refractivity contribution in [1.82, 2.24) is 16.1 Å². The molecule has 4 N–H and O–H groups in total. The van der Waals surface area contributed by atoms with Gasteiger partial charge in [0.25, 0.3) is 0 Å². The average molecular weight is 851 g/mol. The van der Waals surface area contributed by atoms with E-state index >= 15 is 0 Å². The summed E-state index contributed by atoms with van der Waals surface area (Å²) in [6, 6.07) is 17.0. The van der Waals surface area contributed by atoms with E-state index in [0.717, 1.165) is 12.7 Å². The van der Waals surface area contributed by atoms with E-state index in [1.165, 1.54) is 7.11 Å². The average Bonchev–Trinajstić information content (AvgIpc) is 3.03. The van der Waals surface area contributed by atoms with Crippen LogP contribution in [0.5, 0.6) is 17.2 Å². The van der Waals surface area contributed by atoms with Crippen molar-refractivity contribution in [2.45, 2.75) is 32.7 Å². The maximum atomic E-state index is 12.5. The van der Waals surface area contributed by atoms with E-state index in [9.17, 15) is 14.7 Å². The zero-order valence-corrected chi connectivity index (χ0v) is 29.4. The smallest absolute Gasteiger partial charge is 0.337 e. The van der Waals surface area contributed by atoms with E-state index in [2.05, 4.69) is 72.4 Å². The highest BCUT2D eigenvalue weighted by atomic mass is 127. The number of carbonyl (C=O) groups is 2. The van der Waals surface area contributed by atoms with E-state index in [1.54, 1.807) is 43.5 Å². The van der Waals surface area contributed by atoms with Crippen molar-refractivity contribution in [2.75, 3.05) is 20.3 Å². The molecule has 3 aromatic carbocycles. The Balaban J connectivity index is 1.42. The van der Waals surface area contributed by atoms with E-state index < -0.39 is 24.3 Å². The summed E-state index contributed by atoms with van der Waals surface area (Å²) in [7, 11) is 1.27. The highest BCUT2D eigenvalue weighted by molar-refractivity contribution is 14.1. The van der Waals surface area contributed by atoms with Crippen molar-refractivity contribution in [3.63, 3.8) is 0 Å². The van der Waals surface area contributed by atoms with Crippen molar-refractivity contribution in [1.29, 1.82) is 5.26 Å². The van der Waals surface area contributed by atoms with E-state index in [0.29, 0.717) is 52.8 Å². The summed E-state index contributed by atoms with van der Waals surface area (Å²) in [5.74, 6) is 0.769. The standard InChI is InChI=1S/C32H31I2N5O7/c1-4-44-26-12-21(29-28(31(41)43-3)18(2)37-32(42)38-29)9-10-25(26)45-17-27(40)39-36-15-22-11-23(33)13-24(34)30(22)46-16-20-7-5-19(14-35)6-8-20/h5-13,15,27,29,39-40H,4,16-17H2,1-3H3,(H2,37,38,42)/b36-15+/t27-,29+/m1/s1. The molecule has 3 aromatic rings. The van der Waals surface area contributed by atoms with Crippen molar-refractivity contribution >= 4 is 63.4 Å². The van der Waals surface area contributed by atoms with Gasteiger partial charge in [0.15, 0.2) is 17.7 Å². The minimum Gasteiger partial charge on any atom is -0.490 e. The molecule has 0 aliphatic carbocycles. The number of urea groups is 1. The summed E-state index contributed by atoms with van der Waals surface area (Å²) in [4.78, 5) is 24.7. The predicted molar refractivity (Wildman–Crippen MR) is 186 cm³/mol. The van der Waals surface area contributed by atoms with E-state index in [4.69, 9.17) is 24.2 Å². The maximum Gasteiger partial charge on any atom is 0.337 e. The van der Waals surface area contributed by atoms with Crippen molar-refractivity contribution < 1.29 is 33.6 Å². The second kappa shape index (κ2) is 16.5. The molecule has 46 heavy (non-hydrogen) atoms. The molecular weight excluding hydrogens is 820 g/mol. The molecule has 14 heteroatoms. The number of carbonyl (C=O) groups excluding carboxylic acids is 2. The van der Waals surface area contributed by atoms with Gasteiger partial charge in [-0.3, -0.25) is 5.43 Å². The van der Waals surface area contributed by atoms with Crippen LogP contribution in [-0.2, 0) is 16.1 Å². The molecule has 0 unspecified atom stereocenters. The number of aliphatic hydroxyl groups is 1. The zero-order valence-electron chi connectivity index (χ0n) is 25.1. The number of hydrogen-bond acceptors (Lipinski definition) is 10. The fourth-order valence-electron chi connectivity index (χ4n) is 4.47. The van der Waals surface area contributed by atoms with Gasteiger partial charge in [0.05, 0.1) is 46.7 Å². The largest absolute Gasteiger partial charge is 0.490 e. The molecular formula is C32H31I2N5O7. The van der Waals surface area contributed by atoms with Gasteiger partial charge >= 0.3 is 12.0 Å². The third-order valence-corrected chi connectivity index (χ3v) is 8.03. The number of nitriles is 1. The number of hydrogen-bond donors (Lipinski definition) is 4. The fraction of sp³-hybridized carbons (Fsp3) is 0.250. The van der Waals surface area contributed by atoms with Crippen molar-refractivity contribution in [3.8, 4) is 23.3 Å². The van der Waals surface area contributed by atoms with Gasteiger partial charge in [0.2, 0.25) is 0 Å². The van der Waals surface area contributed by atoms with Crippen molar-refractivity contribution in [2.24, 2.45) is 5.10 Å². The normalized spacial score (nSPS) is 15.0. The Morgan fingerprint density at radius 1 is 1.13 bits per heavy atom. The number of benzene rings is 3. The molecule has 1 aliphatic rings. The highest BCUT2D eigenvalue weighted by Gasteiger charge is 2.32. The van der Waals surface area contributed by atoms with Crippen LogP contribution in [0.3, 0.4) is 0 Å². The lowest BCUT2D eigenvalue weighted by atomic mass is 9.95. The molecule has 2 atom stereocenters. The van der Waals surface area contributed by atoms with Gasteiger partial charge < -0.3 is 34.7 Å². The first-order valence-corrected chi connectivity index (χ1v) is 16.1. The Morgan fingerprint density at radius 3 is 2.59 bits per heavy atom. The lowest BCUT2D eigenvalue weighted by Gasteiger charge is -2.28. The monoisotopic (exact) mass is 851 g/mol. The number of hydrazone groups is 1. The molecule has 0 saturated carbocycles. The molecule has 1 aliphatic heterocycles. The first-order chi connectivity index (χ1) is 22.1. The van der Waals surface area contributed by atoms with Gasteiger partial charge in [-0.15, -0.1) is 0 Å². The van der Waals surface area contributed by atoms with Crippen LogP contribution in [0, 0.1) is 18.5 Å². The Hall–Kier alpha value is -4.08. The summed E-state index contributed by atoms with van der Waals surface area (Å²) in [5.41, 5.74) is 6.09. The van der Waals surface area contributed by atoms with Crippen LogP contribution in [0.1, 0.15) is 42.1 Å². The molecule has 12 nitrogen and oxygen atoms in total. The summed E-state index contributed by atoms with van der Waals surface area (Å²) in [5, 5.41) is 29.1. The number of ether oxygens (including phenoxy) is 4. The number of esters is 1. The number of rotatable bonds is 13. The molecule has 4 rings (SSSR count). The minimum absolute atomic E-state index is 0.167. The van der Waals surface area contributed by atoms with Crippen LogP contribution < -0.4 is 30.3 Å². The molecule has 240 valence electrons. The van der Waals surface area contributed by atoms with E-state index in [1.807, 2.05) is 31.2 Å². The van der Waals surface area contributed by atoms with E-state index in [-0.39, 0.29) is 12.2 Å². The first kappa shape index (κ1) is 34.8. The van der Waals surface area contributed by atoms with Gasteiger partial charge in [0, 0.05) is 14.8 Å². The molecule has 0 saturated heterocycles. The number of aliphatic hydroxyl groups excluding tert-OH is 1. The SMILES string of the molecule is CCOc1cc([C@@H]2NC(=O)NC(C)=C2C(=O)OC)ccc1OC[C@@H](O)N/N=C/c1cc(I)cc(I)c1OCc1ccc(C#N)cc1. The number of nitrogens with one attached hydrogen (secondary N) is 3. The van der Waals surface area contributed by atoms with Crippen LogP contribution in [-0.4, -0.2) is 49.9 Å². The second-order valence-corrected chi connectivity index (χ2v) is 12.2. The van der Waals surface area contributed by atoms with Gasteiger partial charge in [-0.25, -0.2) is 9.59 Å². The fourth-order valence-corrected chi connectivity index (χ4v) is 6.52. The quantitative estimate of drug-likeness (QED) is 0.0619. The minimum atomic E-state index is -1.17. The van der Waals surface area contributed by atoms with Crippen LogP contribution >= 0.6 is 45.2 Å². The van der Waals surface area contributed by atoms with Crippen LogP contribution in [0.2, 0.25) is 0 Å². The number of nitrogens with zero attached hydrogens (tertiary/aromatic N) is 2. The van der Waals surface area contributed by atoms with Crippen molar-refractivity contribution in [3.05, 3.63) is 95.3 Å². The van der Waals surface area contributed by atoms with Crippen LogP contribution in [0.15, 0.2) is 71.0 Å². The summed E-state index contributed by atoms with van der Waals surface area (Å²) < 4.78 is 24.5. The molecule has 0 spiro atoms. The summed E-state index contributed by atoms with van der Waals surface area (Å²) in [6.45, 7) is 3.90. The summed E-state index contributed by atoms with van der Waals surface area (Å²) in [6.07, 6.45) is 0.388. The van der Waals surface area contributed by atoms with Gasteiger partial charge in [-0.1, -0.05) is 18.2 Å². The van der Waals surface area contributed by atoms with Gasteiger partial charge in [0.1, 0.15) is 19.0 Å². The molecule has 0 radical (unpaired) electrons. The Kier molecular flexibility index (Phi) is 12.5. The Labute approximate surface area is 293 Å². The Morgan fingerprint density at radius 2 is 1.89 bits per heavy atom. The lowest BCUT2D eigenvalue weighted by molar-refractivity contribution is -0.136.